The molecule has 2 aromatic carbocycles. The van der Waals surface area contributed by atoms with Crippen molar-refractivity contribution in [1.82, 2.24) is 0 Å². The van der Waals surface area contributed by atoms with Crippen LogP contribution in [0.2, 0.25) is 0 Å². The quantitative estimate of drug-likeness (QED) is 0.405. The van der Waals surface area contributed by atoms with Gasteiger partial charge in [0.2, 0.25) is 11.8 Å². The predicted molar refractivity (Wildman–Crippen MR) is 128 cm³/mol. The number of anilines is 3. The van der Waals surface area contributed by atoms with Crippen LogP contribution in [0.25, 0.3) is 0 Å². The number of carbonyl (C=O) groups excluding carboxylic acids is 2. The summed E-state index contributed by atoms with van der Waals surface area (Å²) in [5, 5.41) is 8.86. The van der Waals surface area contributed by atoms with Gasteiger partial charge in [-0.15, -0.1) is 0 Å². The van der Waals surface area contributed by atoms with Gasteiger partial charge < -0.3 is 20.7 Å². The molecular weight excluding hydrogens is 390 g/mol. The summed E-state index contributed by atoms with van der Waals surface area (Å²) < 4.78 is 5.77. The Morgan fingerprint density at radius 3 is 2.26 bits per heavy atom. The first-order valence-electron chi connectivity index (χ1n) is 11.0. The zero-order chi connectivity index (χ0) is 22.7. The van der Waals surface area contributed by atoms with Crippen molar-refractivity contribution >= 4 is 28.9 Å². The van der Waals surface area contributed by atoms with E-state index in [0.717, 1.165) is 17.9 Å². The Labute approximate surface area is 185 Å². The summed E-state index contributed by atoms with van der Waals surface area (Å²) in [5.74, 6) is 0.531. The smallest absolute Gasteiger partial charge is 0.243 e. The van der Waals surface area contributed by atoms with E-state index in [9.17, 15) is 9.59 Å². The third-order valence-electron chi connectivity index (χ3n) is 4.64. The number of unbranched alkanes of at least 4 members (excludes halogenated alkanes) is 3. The topological polar surface area (TPSA) is 79.5 Å². The fourth-order valence-corrected chi connectivity index (χ4v) is 2.80. The Morgan fingerprint density at radius 2 is 1.55 bits per heavy atom. The van der Waals surface area contributed by atoms with Gasteiger partial charge in [0.25, 0.3) is 0 Å². The molecule has 0 aliphatic heterocycles. The van der Waals surface area contributed by atoms with Crippen molar-refractivity contribution in [1.29, 1.82) is 0 Å². The van der Waals surface area contributed by atoms with Crippen LogP contribution in [0, 0.1) is 5.41 Å². The molecule has 2 rings (SSSR count). The van der Waals surface area contributed by atoms with E-state index in [2.05, 4.69) is 22.9 Å². The van der Waals surface area contributed by atoms with Gasteiger partial charge in [-0.2, -0.15) is 0 Å². The summed E-state index contributed by atoms with van der Waals surface area (Å²) in [6.45, 7) is 8.56. The molecule has 6 nitrogen and oxygen atoms in total. The lowest BCUT2D eigenvalue weighted by atomic mass is 9.95. The summed E-state index contributed by atoms with van der Waals surface area (Å²) in [5.41, 5.74) is 1.67. The molecule has 0 aromatic heterocycles. The Balaban J connectivity index is 1.82. The monoisotopic (exact) mass is 425 g/mol. The first kappa shape index (κ1) is 24.3. The van der Waals surface area contributed by atoms with Crippen molar-refractivity contribution in [2.75, 3.05) is 29.1 Å². The van der Waals surface area contributed by atoms with E-state index in [1.807, 2.05) is 69.3 Å². The van der Waals surface area contributed by atoms with E-state index in [1.165, 1.54) is 19.3 Å². The van der Waals surface area contributed by atoms with Crippen LogP contribution in [0.4, 0.5) is 17.1 Å². The van der Waals surface area contributed by atoms with Crippen molar-refractivity contribution in [3.63, 3.8) is 0 Å². The molecule has 6 heteroatoms. The van der Waals surface area contributed by atoms with Gasteiger partial charge in [-0.3, -0.25) is 9.59 Å². The predicted octanol–water partition coefficient (Wildman–Crippen LogP) is 5.68. The molecule has 2 aromatic rings. The SMILES string of the molecule is CCCCCCOc1cccc(NC(=O)CNc2cccc(NC(=O)C(C)(C)C)c2)c1. The Kier molecular flexibility index (Phi) is 9.38. The second-order valence-electron chi connectivity index (χ2n) is 8.62. The van der Waals surface area contributed by atoms with Crippen LogP contribution in [-0.2, 0) is 9.59 Å². The molecule has 0 fully saturated rings. The van der Waals surface area contributed by atoms with Crippen molar-refractivity contribution in [3.05, 3.63) is 48.5 Å². The zero-order valence-electron chi connectivity index (χ0n) is 19.1. The van der Waals surface area contributed by atoms with Crippen LogP contribution in [0.15, 0.2) is 48.5 Å². The lowest BCUT2D eigenvalue weighted by Crippen LogP contribution is -2.27. The van der Waals surface area contributed by atoms with E-state index in [1.54, 1.807) is 0 Å². The molecule has 31 heavy (non-hydrogen) atoms. The van der Waals surface area contributed by atoms with Gasteiger partial charge in [-0.1, -0.05) is 59.1 Å². The molecule has 168 valence electrons. The minimum atomic E-state index is -0.475. The molecule has 2 amide bonds. The van der Waals surface area contributed by atoms with Crippen molar-refractivity contribution in [2.24, 2.45) is 5.41 Å². The molecular formula is C25H35N3O3. The van der Waals surface area contributed by atoms with Gasteiger partial charge in [-0.25, -0.2) is 0 Å². The zero-order valence-corrected chi connectivity index (χ0v) is 19.1. The third-order valence-corrected chi connectivity index (χ3v) is 4.64. The summed E-state index contributed by atoms with van der Waals surface area (Å²) in [7, 11) is 0. The van der Waals surface area contributed by atoms with E-state index in [4.69, 9.17) is 4.74 Å². The minimum Gasteiger partial charge on any atom is -0.494 e. The Bertz CT molecular complexity index is 859. The molecule has 0 aliphatic carbocycles. The van der Waals surface area contributed by atoms with Crippen molar-refractivity contribution in [2.45, 2.75) is 53.4 Å². The molecule has 0 aliphatic rings. The minimum absolute atomic E-state index is 0.0603. The van der Waals surface area contributed by atoms with Crippen LogP contribution in [0.5, 0.6) is 5.75 Å². The molecule has 0 spiro atoms. The highest BCUT2D eigenvalue weighted by atomic mass is 16.5. The number of carbonyl (C=O) groups is 2. The van der Waals surface area contributed by atoms with Crippen LogP contribution >= 0.6 is 0 Å². The highest BCUT2D eigenvalue weighted by molar-refractivity contribution is 5.95. The van der Waals surface area contributed by atoms with Gasteiger partial charge in [0.1, 0.15) is 5.75 Å². The first-order chi connectivity index (χ1) is 14.8. The van der Waals surface area contributed by atoms with Gasteiger partial charge in [0.15, 0.2) is 0 Å². The number of benzene rings is 2. The van der Waals surface area contributed by atoms with Gasteiger partial charge >= 0.3 is 0 Å². The van der Waals surface area contributed by atoms with Gasteiger partial charge in [-0.05, 0) is 36.8 Å². The molecule has 0 atom stereocenters. The fraction of sp³-hybridized carbons (Fsp3) is 0.440. The molecule has 0 radical (unpaired) electrons. The van der Waals surface area contributed by atoms with Crippen LogP contribution in [0.3, 0.4) is 0 Å². The largest absolute Gasteiger partial charge is 0.494 e. The lowest BCUT2D eigenvalue weighted by Gasteiger charge is -2.18. The molecule has 0 saturated heterocycles. The van der Waals surface area contributed by atoms with Gasteiger partial charge in [0.05, 0.1) is 13.2 Å². The third kappa shape index (κ3) is 9.11. The standard InChI is InChI=1S/C25H35N3O3/c1-5-6-7-8-15-31-22-14-10-13-21(17-22)27-23(29)18-26-19-11-9-12-20(16-19)28-24(30)25(2,3)4/h9-14,16-17,26H,5-8,15,18H2,1-4H3,(H,27,29)(H,28,30). The summed E-state index contributed by atoms with van der Waals surface area (Å²) in [6, 6.07) is 14.8. The fourth-order valence-electron chi connectivity index (χ4n) is 2.80. The number of hydrogen-bond acceptors (Lipinski definition) is 4. The molecule has 3 N–H and O–H groups in total. The van der Waals surface area contributed by atoms with Crippen molar-refractivity contribution in [3.8, 4) is 5.75 Å². The van der Waals surface area contributed by atoms with E-state index >= 15 is 0 Å². The van der Waals surface area contributed by atoms with E-state index < -0.39 is 5.41 Å². The second-order valence-corrected chi connectivity index (χ2v) is 8.62. The molecule has 0 saturated carbocycles. The summed E-state index contributed by atoms with van der Waals surface area (Å²) >= 11 is 0. The average Bonchev–Trinajstić information content (AvgIpc) is 2.72. The summed E-state index contributed by atoms with van der Waals surface area (Å²) in [6.07, 6.45) is 4.62. The van der Waals surface area contributed by atoms with E-state index in [-0.39, 0.29) is 18.4 Å². The van der Waals surface area contributed by atoms with Gasteiger partial charge in [0, 0.05) is 28.5 Å². The highest BCUT2D eigenvalue weighted by Gasteiger charge is 2.21. The highest BCUT2D eigenvalue weighted by Crippen LogP contribution is 2.20. The number of nitrogens with one attached hydrogen (secondary N) is 3. The molecule has 0 heterocycles. The first-order valence-corrected chi connectivity index (χ1v) is 11.0. The Morgan fingerprint density at radius 1 is 0.871 bits per heavy atom. The second kappa shape index (κ2) is 12.0. The summed E-state index contributed by atoms with van der Waals surface area (Å²) in [4.78, 5) is 24.5. The Hall–Kier alpha value is -3.02. The maximum atomic E-state index is 12.3. The van der Waals surface area contributed by atoms with Crippen molar-refractivity contribution < 1.29 is 14.3 Å². The number of rotatable bonds is 11. The van der Waals surface area contributed by atoms with E-state index in [0.29, 0.717) is 18.0 Å². The van der Waals surface area contributed by atoms with Crippen LogP contribution in [-0.4, -0.2) is 25.0 Å². The molecule has 0 bridgehead atoms. The maximum Gasteiger partial charge on any atom is 0.243 e. The van der Waals surface area contributed by atoms with Crippen LogP contribution in [0.1, 0.15) is 53.4 Å². The average molecular weight is 426 g/mol. The molecule has 0 unspecified atom stereocenters. The number of amides is 2. The number of ether oxygens (including phenoxy) is 1. The lowest BCUT2D eigenvalue weighted by molar-refractivity contribution is -0.123. The normalized spacial score (nSPS) is 11.0. The number of hydrogen-bond donors (Lipinski definition) is 3. The maximum absolute atomic E-state index is 12.3. The van der Waals surface area contributed by atoms with Crippen LogP contribution < -0.4 is 20.7 Å².